The lowest BCUT2D eigenvalue weighted by molar-refractivity contribution is -0.303. The predicted octanol–water partition coefficient (Wildman–Crippen LogP) is 2.67. The monoisotopic (exact) mass is 329 g/mol. The van der Waals surface area contributed by atoms with Gasteiger partial charge in [0, 0.05) is 6.42 Å². The van der Waals surface area contributed by atoms with Crippen LogP contribution in [0, 0.1) is 17.8 Å². The van der Waals surface area contributed by atoms with E-state index in [9.17, 15) is 18.0 Å². The quantitative estimate of drug-likeness (QED) is 0.636. The minimum atomic E-state index is -4.91. The van der Waals surface area contributed by atoms with E-state index in [1.165, 1.54) is 6.08 Å². The molecule has 23 heavy (non-hydrogen) atoms. The fraction of sp³-hybridized carbons (Fsp3) is 0.562. The first-order chi connectivity index (χ1) is 10.9. The summed E-state index contributed by atoms with van der Waals surface area (Å²) in [6.45, 7) is 1.84. The van der Waals surface area contributed by atoms with E-state index in [4.69, 9.17) is 0 Å². The number of rotatable bonds is 4. The van der Waals surface area contributed by atoms with Crippen LogP contribution in [0.25, 0.3) is 0 Å². The van der Waals surface area contributed by atoms with E-state index in [0.29, 0.717) is 18.8 Å². The zero-order chi connectivity index (χ0) is 16.9. The van der Waals surface area contributed by atoms with E-state index >= 15 is 0 Å². The zero-order valence-corrected chi connectivity index (χ0v) is 12.8. The summed E-state index contributed by atoms with van der Waals surface area (Å²) in [5, 5.41) is 3.26. The number of carbonyl (C=O) groups is 1. The number of hydrogen-bond acceptors (Lipinski definition) is 4. The van der Waals surface area contributed by atoms with Crippen LogP contribution in [0.5, 0.6) is 0 Å². The van der Waals surface area contributed by atoms with E-state index in [2.05, 4.69) is 26.6 Å². The lowest BCUT2D eigenvalue weighted by Gasteiger charge is -2.23. The van der Waals surface area contributed by atoms with Gasteiger partial charge in [0.25, 0.3) is 0 Å². The minimum Gasteiger partial charge on any atom is -0.465 e. The number of esters is 1. The molecule has 0 amide bonds. The van der Waals surface area contributed by atoms with E-state index in [1.807, 2.05) is 0 Å². The van der Waals surface area contributed by atoms with Gasteiger partial charge in [0.05, 0.1) is 7.11 Å². The summed E-state index contributed by atoms with van der Waals surface area (Å²) in [5.74, 6) is 3.79. The number of hydrogen-bond donors (Lipinski definition) is 1. The third-order valence-electron chi connectivity index (χ3n) is 3.74. The number of methoxy groups -OCH3 is 1. The summed E-state index contributed by atoms with van der Waals surface area (Å²) < 4.78 is 45.9. The molecule has 126 valence electrons. The molecular weight excluding hydrogens is 311 g/mol. The van der Waals surface area contributed by atoms with Gasteiger partial charge in [0.15, 0.2) is 5.76 Å². The van der Waals surface area contributed by atoms with Gasteiger partial charge in [-0.15, -0.1) is 13.2 Å². The Bertz CT molecular complexity index is 576. The van der Waals surface area contributed by atoms with Gasteiger partial charge in [-0.25, -0.2) is 4.79 Å². The molecular formula is C16H18F3NO3. The van der Waals surface area contributed by atoms with E-state index in [-0.39, 0.29) is 5.57 Å². The molecule has 2 rings (SSSR count). The molecule has 0 aromatic rings. The van der Waals surface area contributed by atoms with Crippen molar-refractivity contribution in [3.8, 4) is 11.8 Å². The highest BCUT2D eigenvalue weighted by atomic mass is 19.4. The highest BCUT2D eigenvalue weighted by Crippen LogP contribution is 2.28. The first kappa shape index (κ1) is 17.4. The van der Waals surface area contributed by atoms with Crippen LogP contribution in [0.15, 0.2) is 23.0 Å². The number of halogens is 3. The van der Waals surface area contributed by atoms with Crippen molar-refractivity contribution in [3.05, 3.63) is 23.0 Å². The van der Waals surface area contributed by atoms with Crippen molar-refractivity contribution in [2.24, 2.45) is 5.92 Å². The third kappa shape index (κ3) is 5.32. The van der Waals surface area contributed by atoms with Crippen molar-refractivity contribution in [1.82, 2.24) is 5.32 Å². The van der Waals surface area contributed by atoms with Gasteiger partial charge in [-0.3, -0.25) is 0 Å². The summed E-state index contributed by atoms with van der Waals surface area (Å²) in [7, 11) is 1.11. The summed E-state index contributed by atoms with van der Waals surface area (Å²) in [6.07, 6.45) is -0.480. The second-order valence-electron chi connectivity index (χ2n) is 5.46. The Kier molecular flexibility index (Phi) is 5.72. The largest absolute Gasteiger partial charge is 0.573 e. The first-order valence-corrected chi connectivity index (χ1v) is 7.36. The Morgan fingerprint density at radius 3 is 2.70 bits per heavy atom. The van der Waals surface area contributed by atoms with Crippen LogP contribution >= 0.6 is 0 Å². The maximum absolute atomic E-state index is 12.5. The predicted molar refractivity (Wildman–Crippen MR) is 76.9 cm³/mol. The molecule has 0 atom stereocenters. The number of nitrogens with one attached hydrogen (secondary N) is 1. The topological polar surface area (TPSA) is 47.6 Å². The Morgan fingerprint density at radius 1 is 1.39 bits per heavy atom. The van der Waals surface area contributed by atoms with Crippen molar-refractivity contribution in [2.75, 3.05) is 20.2 Å². The highest BCUT2D eigenvalue weighted by molar-refractivity contribution is 5.93. The number of allylic oxidation sites excluding steroid dienone is 2. The van der Waals surface area contributed by atoms with Crippen LogP contribution in [0.4, 0.5) is 13.2 Å². The number of carbonyl (C=O) groups excluding carboxylic acids is 1. The molecule has 1 aliphatic heterocycles. The Morgan fingerprint density at radius 2 is 2.09 bits per heavy atom. The molecule has 2 aliphatic rings. The van der Waals surface area contributed by atoms with Crippen LogP contribution in [0.1, 0.15) is 25.7 Å². The molecule has 0 aromatic heterocycles. The van der Waals surface area contributed by atoms with Crippen LogP contribution in [0.2, 0.25) is 0 Å². The lowest BCUT2D eigenvalue weighted by Crippen LogP contribution is -2.27. The van der Waals surface area contributed by atoms with Crippen molar-refractivity contribution in [1.29, 1.82) is 0 Å². The zero-order valence-electron chi connectivity index (χ0n) is 12.8. The van der Waals surface area contributed by atoms with Crippen molar-refractivity contribution < 1.29 is 27.4 Å². The van der Waals surface area contributed by atoms with Gasteiger partial charge in [0.1, 0.15) is 5.57 Å². The van der Waals surface area contributed by atoms with Crippen molar-refractivity contribution in [3.63, 3.8) is 0 Å². The van der Waals surface area contributed by atoms with Gasteiger partial charge in [0.2, 0.25) is 0 Å². The number of ether oxygens (including phenoxy) is 2. The minimum absolute atomic E-state index is 0.279. The smallest absolute Gasteiger partial charge is 0.465 e. The van der Waals surface area contributed by atoms with Crippen molar-refractivity contribution >= 4 is 5.97 Å². The molecule has 4 nitrogen and oxygen atoms in total. The molecule has 1 aliphatic carbocycles. The molecule has 0 spiro atoms. The first-order valence-electron chi connectivity index (χ1n) is 7.36. The van der Waals surface area contributed by atoms with E-state index in [0.717, 1.165) is 38.6 Å². The second-order valence-corrected chi connectivity index (χ2v) is 5.46. The third-order valence-corrected chi connectivity index (χ3v) is 3.74. The van der Waals surface area contributed by atoms with Crippen LogP contribution in [0.3, 0.4) is 0 Å². The summed E-state index contributed by atoms with van der Waals surface area (Å²) in [5.41, 5.74) is 0.546. The van der Waals surface area contributed by atoms with Crippen LogP contribution < -0.4 is 5.32 Å². The molecule has 0 aromatic carbocycles. The summed E-state index contributed by atoms with van der Waals surface area (Å²) >= 11 is 0. The van der Waals surface area contributed by atoms with Gasteiger partial charge in [-0.2, -0.15) is 0 Å². The molecule has 0 saturated carbocycles. The molecule has 1 N–H and O–H groups in total. The SMILES string of the molecule is COC(=O)C1=C(OC(F)(F)F)C#CCC(CC2CCNCC2)=C1. The maximum atomic E-state index is 12.5. The molecule has 1 saturated heterocycles. The van der Waals surface area contributed by atoms with Crippen LogP contribution in [-0.4, -0.2) is 32.5 Å². The summed E-state index contributed by atoms with van der Waals surface area (Å²) in [4.78, 5) is 11.8. The second kappa shape index (κ2) is 7.55. The maximum Gasteiger partial charge on any atom is 0.573 e. The molecule has 7 heteroatoms. The van der Waals surface area contributed by atoms with E-state index < -0.39 is 18.1 Å². The normalized spacial score (nSPS) is 19.4. The molecule has 0 radical (unpaired) electrons. The average molecular weight is 329 g/mol. The van der Waals surface area contributed by atoms with Gasteiger partial charge >= 0.3 is 12.3 Å². The highest BCUT2D eigenvalue weighted by Gasteiger charge is 2.34. The molecule has 0 unspecified atom stereocenters. The fourth-order valence-corrected chi connectivity index (χ4v) is 2.67. The fourth-order valence-electron chi connectivity index (χ4n) is 2.67. The van der Waals surface area contributed by atoms with E-state index in [1.54, 1.807) is 0 Å². The van der Waals surface area contributed by atoms with Crippen LogP contribution in [-0.2, 0) is 14.3 Å². The molecule has 1 heterocycles. The number of alkyl halides is 3. The Labute approximate surface area is 132 Å². The molecule has 1 fully saturated rings. The van der Waals surface area contributed by atoms with Gasteiger partial charge in [-0.05, 0) is 50.3 Å². The lowest BCUT2D eigenvalue weighted by atomic mass is 9.89. The standard InChI is InChI=1S/C16H18F3NO3/c1-22-15(21)13-10-12(9-11-5-7-20-8-6-11)3-2-4-14(13)23-16(17,18)19/h10-11,20H,3,5-9H2,1H3. The average Bonchev–Trinajstić information content (AvgIpc) is 2.68. The number of piperidine rings is 1. The Hall–Kier alpha value is -1.94. The summed E-state index contributed by atoms with van der Waals surface area (Å²) in [6, 6.07) is 0. The Balaban J connectivity index is 2.25. The van der Waals surface area contributed by atoms with Crippen molar-refractivity contribution in [2.45, 2.75) is 32.0 Å². The van der Waals surface area contributed by atoms with Gasteiger partial charge in [-0.1, -0.05) is 11.5 Å². The van der Waals surface area contributed by atoms with Gasteiger partial charge < -0.3 is 14.8 Å². The molecule has 0 bridgehead atoms.